The molecule has 3 aromatic rings. The van der Waals surface area contributed by atoms with Crippen molar-refractivity contribution in [3.63, 3.8) is 0 Å². The predicted molar refractivity (Wildman–Crippen MR) is 117 cm³/mol. The highest BCUT2D eigenvalue weighted by atomic mass is 35.5. The summed E-state index contributed by atoms with van der Waals surface area (Å²) in [6.07, 6.45) is 2.64. The topological polar surface area (TPSA) is 132 Å². The lowest BCUT2D eigenvalue weighted by atomic mass is 10.3. The molecule has 168 valence electrons. The van der Waals surface area contributed by atoms with E-state index < -0.39 is 9.84 Å². The maximum atomic E-state index is 13.0. The van der Waals surface area contributed by atoms with Gasteiger partial charge in [0.25, 0.3) is 5.91 Å². The summed E-state index contributed by atoms with van der Waals surface area (Å²) in [7, 11) is -2.54. The lowest BCUT2D eigenvalue weighted by molar-refractivity contribution is 0.0714. The Hall–Kier alpha value is -3.31. The first kappa shape index (κ1) is 21.9. The quantitative estimate of drug-likeness (QED) is 0.586. The van der Waals surface area contributed by atoms with Crippen LogP contribution in [0.15, 0.2) is 57.0 Å². The summed E-state index contributed by atoms with van der Waals surface area (Å²) in [5, 5.41) is 0.159. The number of benzene rings is 1. The maximum absolute atomic E-state index is 13.0. The number of anilines is 2. The van der Waals surface area contributed by atoms with Crippen molar-refractivity contribution in [2.45, 2.75) is 9.79 Å². The first-order valence-electron chi connectivity index (χ1n) is 9.60. The number of hydrogen-bond acceptors (Lipinski definition) is 9. The Balaban J connectivity index is 1.50. The minimum atomic E-state index is -3.98. The number of nitrogens with two attached hydrogens (primary N) is 1. The van der Waals surface area contributed by atoms with Crippen LogP contribution in [0.4, 0.5) is 11.8 Å². The SMILES string of the molecule is COc1ccc(S(=O)(=O)c2cnc(N3CCN(C(=O)c4ccco4)CC3)nc2N)cc1Cl. The van der Waals surface area contributed by atoms with Gasteiger partial charge >= 0.3 is 0 Å². The highest BCUT2D eigenvalue weighted by Gasteiger charge is 2.27. The second kappa shape index (κ2) is 8.67. The monoisotopic (exact) mass is 477 g/mol. The van der Waals surface area contributed by atoms with E-state index in [-0.39, 0.29) is 32.3 Å². The van der Waals surface area contributed by atoms with E-state index in [1.165, 1.54) is 37.8 Å². The molecule has 1 aromatic carbocycles. The molecule has 0 radical (unpaired) electrons. The zero-order chi connectivity index (χ0) is 22.9. The number of methoxy groups -OCH3 is 1. The highest BCUT2D eigenvalue weighted by Crippen LogP contribution is 2.31. The Morgan fingerprint density at radius 1 is 1.22 bits per heavy atom. The number of carbonyl (C=O) groups excluding carboxylic acids is 1. The summed E-state index contributed by atoms with van der Waals surface area (Å²) >= 11 is 6.06. The molecule has 0 unspecified atom stereocenters. The molecule has 0 spiro atoms. The van der Waals surface area contributed by atoms with Crippen molar-refractivity contribution >= 4 is 39.1 Å². The number of hydrogen-bond donors (Lipinski definition) is 1. The van der Waals surface area contributed by atoms with Crippen LogP contribution in [0.5, 0.6) is 5.75 Å². The number of sulfone groups is 1. The molecule has 2 N–H and O–H groups in total. The van der Waals surface area contributed by atoms with Gasteiger partial charge in [0.1, 0.15) is 16.5 Å². The number of amides is 1. The van der Waals surface area contributed by atoms with Crippen LogP contribution >= 0.6 is 11.6 Å². The standard InChI is InChI=1S/C20H20ClN5O5S/c1-30-15-5-4-13(11-14(15)21)32(28,29)17-12-23-20(24-18(17)22)26-8-6-25(7-9-26)19(27)16-3-2-10-31-16/h2-5,10-12H,6-9H2,1H3,(H2,22,23,24). The van der Waals surface area contributed by atoms with Crippen LogP contribution < -0.4 is 15.4 Å². The molecular formula is C20H20ClN5O5S. The van der Waals surface area contributed by atoms with E-state index in [9.17, 15) is 13.2 Å². The third-order valence-corrected chi connectivity index (χ3v) is 7.14. The van der Waals surface area contributed by atoms with Crippen LogP contribution in [-0.4, -0.2) is 62.5 Å². The Bertz CT molecular complexity index is 1240. The summed E-state index contributed by atoms with van der Waals surface area (Å²) in [5.74, 6) is 0.576. The lowest BCUT2D eigenvalue weighted by Crippen LogP contribution is -2.49. The molecule has 0 aliphatic carbocycles. The molecule has 4 rings (SSSR count). The summed E-state index contributed by atoms with van der Waals surface area (Å²) in [5.41, 5.74) is 5.99. The van der Waals surface area contributed by atoms with Gasteiger partial charge < -0.3 is 24.7 Å². The van der Waals surface area contributed by atoms with E-state index in [1.54, 1.807) is 17.0 Å². The molecule has 12 heteroatoms. The molecule has 1 fully saturated rings. The summed E-state index contributed by atoms with van der Waals surface area (Å²) < 4.78 is 36.2. The smallest absolute Gasteiger partial charge is 0.289 e. The van der Waals surface area contributed by atoms with E-state index in [0.717, 1.165) is 0 Å². The average molecular weight is 478 g/mol. The molecule has 0 saturated carbocycles. The molecule has 0 atom stereocenters. The van der Waals surface area contributed by atoms with E-state index in [4.69, 9.17) is 26.5 Å². The van der Waals surface area contributed by atoms with Crippen molar-refractivity contribution in [2.24, 2.45) is 0 Å². The Morgan fingerprint density at radius 2 is 1.97 bits per heavy atom. The minimum absolute atomic E-state index is 0.0450. The van der Waals surface area contributed by atoms with Crippen molar-refractivity contribution in [2.75, 3.05) is 43.9 Å². The number of aromatic nitrogens is 2. The van der Waals surface area contributed by atoms with E-state index >= 15 is 0 Å². The fourth-order valence-electron chi connectivity index (χ4n) is 3.34. The Kier molecular flexibility index (Phi) is 5.94. The molecule has 1 saturated heterocycles. The van der Waals surface area contributed by atoms with E-state index in [1.807, 2.05) is 4.90 Å². The first-order chi connectivity index (χ1) is 15.3. The third-order valence-electron chi connectivity index (χ3n) is 5.07. The molecule has 32 heavy (non-hydrogen) atoms. The van der Waals surface area contributed by atoms with Gasteiger partial charge in [-0.15, -0.1) is 0 Å². The second-order valence-electron chi connectivity index (χ2n) is 6.98. The average Bonchev–Trinajstić information content (AvgIpc) is 3.33. The number of furan rings is 1. The number of carbonyl (C=O) groups is 1. The van der Waals surface area contributed by atoms with E-state index in [0.29, 0.717) is 37.9 Å². The fraction of sp³-hybridized carbons (Fsp3) is 0.250. The van der Waals surface area contributed by atoms with Gasteiger partial charge in [-0.25, -0.2) is 13.4 Å². The molecule has 1 aliphatic rings. The number of rotatable bonds is 5. The van der Waals surface area contributed by atoms with Crippen LogP contribution in [0.2, 0.25) is 5.02 Å². The zero-order valence-corrected chi connectivity index (χ0v) is 18.6. The highest BCUT2D eigenvalue weighted by molar-refractivity contribution is 7.91. The number of nitrogen functional groups attached to an aromatic ring is 1. The minimum Gasteiger partial charge on any atom is -0.495 e. The van der Waals surface area contributed by atoms with Gasteiger partial charge in [0, 0.05) is 26.2 Å². The predicted octanol–water partition coefficient (Wildman–Crippen LogP) is 2.11. The molecule has 0 bridgehead atoms. The van der Waals surface area contributed by atoms with Crippen molar-refractivity contribution < 1.29 is 22.4 Å². The van der Waals surface area contributed by atoms with Crippen molar-refractivity contribution in [1.82, 2.24) is 14.9 Å². The van der Waals surface area contributed by atoms with Gasteiger partial charge in [-0.1, -0.05) is 11.6 Å². The second-order valence-corrected chi connectivity index (χ2v) is 9.30. The summed E-state index contributed by atoms with van der Waals surface area (Å²) in [6, 6.07) is 7.41. The zero-order valence-electron chi connectivity index (χ0n) is 17.1. The van der Waals surface area contributed by atoms with Crippen LogP contribution in [0.1, 0.15) is 10.6 Å². The Labute approximate surface area is 189 Å². The van der Waals surface area contributed by atoms with Crippen molar-refractivity contribution in [3.05, 3.63) is 53.6 Å². The summed E-state index contributed by atoms with van der Waals surface area (Å²) in [4.78, 5) is 24.0. The van der Waals surface area contributed by atoms with Crippen molar-refractivity contribution in [1.29, 1.82) is 0 Å². The van der Waals surface area contributed by atoms with Gasteiger partial charge in [0.05, 0.1) is 29.5 Å². The third kappa shape index (κ3) is 4.08. The van der Waals surface area contributed by atoms with Crippen LogP contribution in [0, 0.1) is 0 Å². The van der Waals surface area contributed by atoms with Crippen molar-refractivity contribution in [3.8, 4) is 5.75 Å². The lowest BCUT2D eigenvalue weighted by Gasteiger charge is -2.34. The number of piperazine rings is 1. The number of nitrogens with zero attached hydrogens (tertiary/aromatic N) is 4. The molecule has 1 amide bonds. The van der Waals surface area contributed by atoms with Crippen LogP contribution in [0.25, 0.3) is 0 Å². The van der Waals surface area contributed by atoms with Crippen LogP contribution in [0.3, 0.4) is 0 Å². The van der Waals surface area contributed by atoms with E-state index in [2.05, 4.69) is 9.97 Å². The molecule has 3 heterocycles. The van der Waals surface area contributed by atoms with Gasteiger partial charge in [0.2, 0.25) is 15.8 Å². The fourth-order valence-corrected chi connectivity index (χ4v) is 4.95. The Morgan fingerprint density at radius 3 is 2.56 bits per heavy atom. The number of halogens is 1. The maximum Gasteiger partial charge on any atom is 0.289 e. The molecular weight excluding hydrogens is 458 g/mol. The molecule has 10 nitrogen and oxygen atoms in total. The molecule has 1 aliphatic heterocycles. The van der Waals surface area contributed by atoms with Gasteiger partial charge in [-0.05, 0) is 30.3 Å². The summed E-state index contributed by atoms with van der Waals surface area (Å²) in [6.45, 7) is 1.80. The largest absolute Gasteiger partial charge is 0.495 e. The van der Waals surface area contributed by atoms with Crippen LogP contribution in [-0.2, 0) is 9.84 Å². The van der Waals surface area contributed by atoms with Gasteiger partial charge in [-0.2, -0.15) is 4.98 Å². The first-order valence-corrected chi connectivity index (χ1v) is 11.5. The van der Waals surface area contributed by atoms with Gasteiger partial charge in [-0.3, -0.25) is 4.79 Å². The normalized spacial score (nSPS) is 14.4. The number of ether oxygens (including phenoxy) is 1. The van der Waals surface area contributed by atoms with Gasteiger partial charge in [0.15, 0.2) is 5.76 Å². The molecule has 2 aromatic heterocycles.